The highest BCUT2D eigenvalue weighted by atomic mass is 35.5. The van der Waals surface area contributed by atoms with Crippen LogP contribution >= 0.6 is 11.6 Å². The monoisotopic (exact) mass is 380 g/mol. The molecule has 0 radical (unpaired) electrons. The maximum atomic E-state index is 12.2. The fraction of sp³-hybridized carbons (Fsp3) is 0.278. The van der Waals surface area contributed by atoms with Crippen LogP contribution in [0.2, 0.25) is 5.02 Å². The van der Waals surface area contributed by atoms with Crippen LogP contribution in [-0.2, 0) is 14.8 Å². The summed E-state index contributed by atoms with van der Waals surface area (Å²) in [7, 11) is -3.68. The van der Waals surface area contributed by atoms with Crippen molar-refractivity contribution in [2.24, 2.45) is 0 Å². The second-order valence-electron chi connectivity index (χ2n) is 5.75. The number of nitrogens with one attached hydrogen (secondary N) is 2. The number of aryl methyl sites for hydroxylation is 1. The van der Waals surface area contributed by atoms with E-state index in [1.54, 1.807) is 12.1 Å². The minimum Gasteiger partial charge on any atom is -0.350 e. The highest BCUT2D eigenvalue weighted by Crippen LogP contribution is 2.17. The minimum absolute atomic E-state index is 0.0151. The molecule has 0 aliphatic heterocycles. The molecule has 1 atom stereocenters. The minimum atomic E-state index is -3.68. The summed E-state index contributed by atoms with van der Waals surface area (Å²) in [5.74, 6) is -0.218. The Bertz CT molecular complexity index is 853. The van der Waals surface area contributed by atoms with Crippen molar-refractivity contribution in [3.8, 4) is 0 Å². The number of carbonyl (C=O) groups excluding carboxylic acids is 1. The third-order valence-corrected chi connectivity index (χ3v) is 5.48. The van der Waals surface area contributed by atoms with Gasteiger partial charge in [0.1, 0.15) is 0 Å². The van der Waals surface area contributed by atoms with Crippen molar-refractivity contribution in [3.63, 3.8) is 0 Å². The summed E-state index contributed by atoms with van der Waals surface area (Å²) >= 11 is 5.81. The highest BCUT2D eigenvalue weighted by Gasteiger charge is 2.15. The maximum Gasteiger partial charge on any atom is 0.240 e. The second kappa shape index (κ2) is 8.47. The van der Waals surface area contributed by atoms with Gasteiger partial charge in [0.2, 0.25) is 15.9 Å². The number of hydrogen-bond donors (Lipinski definition) is 2. The molecule has 0 unspecified atom stereocenters. The van der Waals surface area contributed by atoms with Gasteiger partial charge in [-0.15, -0.1) is 0 Å². The van der Waals surface area contributed by atoms with Crippen LogP contribution in [0.5, 0.6) is 0 Å². The topological polar surface area (TPSA) is 75.3 Å². The number of benzene rings is 2. The van der Waals surface area contributed by atoms with E-state index in [-0.39, 0.29) is 29.8 Å². The number of sulfonamides is 1. The zero-order valence-electron chi connectivity index (χ0n) is 14.1. The van der Waals surface area contributed by atoms with Gasteiger partial charge in [0.05, 0.1) is 10.9 Å². The van der Waals surface area contributed by atoms with Gasteiger partial charge in [0.25, 0.3) is 0 Å². The van der Waals surface area contributed by atoms with Crippen LogP contribution in [-0.4, -0.2) is 20.9 Å². The number of hydrogen-bond acceptors (Lipinski definition) is 3. The zero-order valence-corrected chi connectivity index (χ0v) is 15.7. The molecule has 1 amide bonds. The molecule has 0 aliphatic carbocycles. The lowest BCUT2D eigenvalue weighted by Crippen LogP contribution is -2.32. The predicted molar refractivity (Wildman–Crippen MR) is 99.0 cm³/mol. The Morgan fingerprint density at radius 3 is 2.56 bits per heavy atom. The van der Waals surface area contributed by atoms with E-state index < -0.39 is 10.0 Å². The van der Waals surface area contributed by atoms with Crippen molar-refractivity contribution in [1.82, 2.24) is 10.0 Å². The van der Waals surface area contributed by atoms with Crippen LogP contribution in [0.25, 0.3) is 0 Å². The standard InChI is InChI=1S/C18H21ClN2O3S/c1-13-6-3-4-9-17(13)14(2)21-18(22)10-11-20-25(23,24)16-8-5-7-15(19)12-16/h3-9,12,14,20H,10-11H2,1-2H3,(H,21,22)/t14-/m0/s1. The lowest BCUT2D eigenvalue weighted by atomic mass is 10.0. The van der Waals surface area contributed by atoms with E-state index in [1.807, 2.05) is 38.1 Å². The summed E-state index contributed by atoms with van der Waals surface area (Å²) in [6.07, 6.45) is 0.0516. The summed E-state index contributed by atoms with van der Waals surface area (Å²) in [6, 6.07) is 13.6. The quantitative estimate of drug-likeness (QED) is 0.774. The zero-order chi connectivity index (χ0) is 18.4. The molecule has 5 nitrogen and oxygen atoms in total. The Morgan fingerprint density at radius 1 is 1.16 bits per heavy atom. The molecule has 25 heavy (non-hydrogen) atoms. The molecule has 0 aliphatic rings. The van der Waals surface area contributed by atoms with Crippen molar-refractivity contribution in [3.05, 3.63) is 64.7 Å². The molecule has 2 aromatic carbocycles. The molecule has 0 saturated heterocycles. The van der Waals surface area contributed by atoms with Gasteiger partial charge in [0, 0.05) is 18.0 Å². The summed E-state index contributed by atoms with van der Waals surface area (Å²) in [4.78, 5) is 12.1. The average molecular weight is 381 g/mol. The van der Waals surface area contributed by atoms with Gasteiger partial charge in [-0.3, -0.25) is 4.79 Å². The van der Waals surface area contributed by atoms with Crippen LogP contribution < -0.4 is 10.0 Å². The molecule has 0 aromatic heterocycles. The number of halogens is 1. The molecule has 7 heteroatoms. The van der Waals surface area contributed by atoms with Gasteiger partial charge in [-0.25, -0.2) is 13.1 Å². The van der Waals surface area contributed by atoms with Gasteiger partial charge in [-0.1, -0.05) is 41.9 Å². The first-order valence-corrected chi connectivity index (χ1v) is 9.76. The Kier molecular flexibility index (Phi) is 6.58. The molecular weight excluding hydrogens is 360 g/mol. The lowest BCUT2D eigenvalue weighted by Gasteiger charge is -2.16. The fourth-order valence-electron chi connectivity index (χ4n) is 2.48. The average Bonchev–Trinajstić information content (AvgIpc) is 2.55. The molecule has 0 spiro atoms. The molecule has 0 fully saturated rings. The van der Waals surface area contributed by atoms with Gasteiger partial charge >= 0.3 is 0 Å². The lowest BCUT2D eigenvalue weighted by molar-refractivity contribution is -0.121. The first kappa shape index (κ1) is 19.4. The Labute approximate surface area is 153 Å². The summed E-state index contributed by atoms with van der Waals surface area (Å²) < 4.78 is 26.7. The van der Waals surface area contributed by atoms with E-state index in [9.17, 15) is 13.2 Å². The second-order valence-corrected chi connectivity index (χ2v) is 7.95. The molecule has 0 heterocycles. The molecular formula is C18H21ClN2O3S. The molecule has 2 rings (SSSR count). The van der Waals surface area contributed by atoms with Gasteiger partial charge in [-0.2, -0.15) is 0 Å². The maximum absolute atomic E-state index is 12.2. The van der Waals surface area contributed by atoms with Crippen LogP contribution in [0.4, 0.5) is 0 Å². The number of carbonyl (C=O) groups is 1. The summed E-state index contributed by atoms with van der Waals surface area (Å²) in [6.45, 7) is 3.90. The van der Waals surface area contributed by atoms with E-state index >= 15 is 0 Å². The van der Waals surface area contributed by atoms with E-state index in [0.29, 0.717) is 5.02 Å². The van der Waals surface area contributed by atoms with Gasteiger partial charge in [-0.05, 0) is 43.2 Å². The van der Waals surface area contributed by atoms with E-state index in [2.05, 4.69) is 10.0 Å². The SMILES string of the molecule is Cc1ccccc1[C@H](C)NC(=O)CCNS(=O)(=O)c1cccc(Cl)c1. The van der Waals surface area contributed by atoms with Gasteiger partial charge in [0.15, 0.2) is 0 Å². The van der Waals surface area contributed by atoms with Crippen LogP contribution in [0.3, 0.4) is 0 Å². The fourth-order valence-corrected chi connectivity index (χ4v) is 3.81. The normalized spacial score (nSPS) is 12.6. The van der Waals surface area contributed by atoms with Crippen LogP contribution in [0, 0.1) is 6.92 Å². The number of rotatable bonds is 7. The summed E-state index contributed by atoms with van der Waals surface area (Å²) in [5, 5.41) is 3.22. The van der Waals surface area contributed by atoms with Crippen molar-refractivity contribution in [2.75, 3.05) is 6.54 Å². The van der Waals surface area contributed by atoms with E-state index in [4.69, 9.17) is 11.6 Å². The Balaban J connectivity index is 1.87. The number of amides is 1. The third kappa shape index (κ3) is 5.56. The first-order valence-electron chi connectivity index (χ1n) is 7.90. The largest absolute Gasteiger partial charge is 0.350 e. The smallest absolute Gasteiger partial charge is 0.240 e. The molecule has 0 saturated carbocycles. The van der Waals surface area contributed by atoms with Gasteiger partial charge < -0.3 is 5.32 Å². The van der Waals surface area contributed by atoms with E-state index in [1.165, 1.54) is 12.1 Å². The molecule has 0 bridgehead atoms. The highest BCUT2D eigenvalue weighted by molar-refractivity contribution is 7.89. The third-order valence-electron chi connectivity index (χ3n) is 3.78. The predicted octanol–water partition coefficient (Wildman–Crippen LogP) is 3.19. The van der Waals surface area contributed by atoms with Crippen LogP contribution in [0.15, 0.2) is 53.4 Å². The first-order chi connectivity index (χ1) is 11.8. The van der Waals surface area contributed by atoms with Crippen molar-refractivity contribution >= 4 is 27.5 Å². The summed E-state index contributed by atoms with van der Waals surface area (Å²) in [5.41, 5.74) is 2.13. The Hall–Kier alpha value is -1.89. The molecule has 2 N–H and O–H groups in total. The molecule has 2 aromatic rings. The molecule has 134 valence electrons. The van der Waals surface area contributed by atoms with Crippen molar-refractivity contribution < 1.29 is 13.2 Å². The van der Waals surface area contributed by atoms with Crippen LogP contribution in [0.1, 0.15) is 30.5 Å². The van der Waals surface area contributed by atoms with Crippen molar-refractivity contribution in [2.45, 2.75) is 31.2 Å². The van der Waals surface area contributed by atoms with Crippen molar-refractivity contribution in [1.29, 1.82) is 0 Å². The van der Waals surface area contributed by atoms with E-state index in [0.717, 1.165) is 11.1 Å². The Morgan fingerprint density at radius 2 is 1.88 bits per heavy atom.